The van der Waals surface area contributed by atoms with Crippen LogP contribution in [0.25, 0.3) is 0 Å². The van der Waals surface area contributed by atoms with Gasteiger partial charge in [0, 0.05) is 24.3 Å². The topological polar surface area (TPSA) is 70.2 Å². The van der Waals surface area contributed by atoms with Crippen LogP contribution in [0.3, 0.4) is 0 Å². The number of hydrogen-bond acceptors (Lipinski definition) is 3. The zero-order chi connectivity index (χ0) is 18.5. The number of hydrogen-bond donors (Lipinski definition) is 3. The van der Waals surface area contributed by atoms with Gasteiger partial charge in [-0.3, -0.25) is 9.59 Å². The van der Waals surface area contributed by atoms with Gasteiger partial charge in [0.2, 0.25) is 5.91 Å². The van der Waals surface area contributed by atoms with E-state index in [-0.39, 0.29) is 47.2 Å². The van der Waals surface area contributed by atoms with Gasteiger partial charge in [0.1, 0.15) is 5.82 Å². The Morgan fingerprint density at radius 3 is 2.70 bits per heavy atom. The van der Waals surface area contributed by atoms with Crippen molar-refractivity contribution in [3.63, 3.8) is 0 Å². The third-order valence-corrected chi connectivity index (χ3v) is 4.64. The number of nitrogens with one attached hydrogen (secondary N) is 3. The summed E-state index contributed by atoms with van der Waals surface area (Å²) in [4.78, 5) is 24.6. The Labute approximate surface area is 168 Å². The van der Waals surface area contributed by atoms with Crippen LogP contribution in [0, 0.1) is 11.7 Å². The first kappa shape index (κ1) is 21.2. The molecule has 2 amide bonds. The highest BCUT2D eigenvalue weighted by molar-refractivity contribution is 6.34. The Morgan fingerprint density at radius 2 is 2.00 bits per heavy atom. The Hall–Kier alpha value is -2.15. The fourth-order valence-electron chi connectivity index (χ4n) is 2.81. The van der Waals surface area contributed by atoms with Gasteiger partial charge in [-0.25, -0.2) is 4.39 Å². The second kappa shape index (κ2) is 9.69. The second-order valence-electron chi connectivity index (χ2n) is 6.15. The van der Waals surface area contributed by atoms with Gasteiger partial charge in [0.25, 0.3) is 5.91 Å². The molecule has 1 aliphatic rings. The summed E-state index contributed by atoms with van der Waals surface area (Å²) in [7, 11) is 0. The molecule has 1 aliphatic heterocycles. The largest absolute Gasteiger partial charge is 0.348 e. The Balaban J connectivity index is 0.00000261. The van der Waals surface area contributed by atoms with Gasteiger partial charge in [-0.1, -0.05) is 29.8 Å². The molecule has 27 heavy (non-hydrogen) atoms. The molecule has 8 heteroatoms. The Bertz CT molecular complexity index is 826. The van der Waals surface area contributed by atoms with Crippen LogP contribution in [-0.2, 0) is 11.3 Å². The summed E-state index contributed by atoms with van der Waals surface area (Å²) < 4.78 is 13.6. The zero-order valence-electron chi connectivity index (χ0n) is 14.4. The maximum Gasteiger partial charge on any atom is 0.253 e. The summed E-state index contributed by atoms with van der Waals surface area (Å²) in [5, 5.41) is 8.86. The van der Waals surface area contributed by atoms with E-state index in [0.29, 0.717) is 17.8 Å². The molecule has 0 saturated carbocycles. The second-order valence-corrected chi connectivity index (χ2v) is 6.55. The quantitative estimate of drug-likeness (QED) is 0.705. The number of amides is 2. The average molecular weight is 412 g/mol. The van der Waals surface area contributed by atoms with E-state index in [1.54, 1.807) is 30.3 Å². The Morgan fingerprint density at radius 1 is 1.22 bits per heavy atom. The minimum absolute atomic E-state index is 0. The highest BCUT2D eigenvalue weighted by Gasteiger charge is 2.22. The SMILES string of the molecule is Cl.O=C(NCc1ccccc1F)c1cc(NC(=O)C2CCNC2)ccc1Cl. The van der Waals surface area contributed by atoms with Gasteiger partial charge in [-0.2, -0.15) is 0 Å². The molecule has 1 atom stereocenters. The number of anilines is 1. The van der Waals surface area contributed by atoms with Crippen LogP contribution in [-0.4, -0.2) is 24.9 Å². The van der Waals surface area contributed by atoms with E-state index in [1.807, 2.05) is 0 Å². The van der Waals surface area contributed by atoms with Crippen molar-refractivity contribution in [3.8, 4) is 0 Å². The van der Waals surface area contributed by atoms with Gasteiger partial charge in [-0.05, 0) is 37.2 Å². The van der Waals surface area contributed by atoms with Crippen molar-refractivity contribution in [1.82, 2.24) is 10.6 Å². The molecular formula is C19H20Cl2FN3O2. The number of carbonyl (C=O) groups is 2. The van der Waals surface area contributed by atoms with Crippen LogP contribution >= 0.6 is 24.0 Å². The van der Waals surface area contributed by atoms with Gasteiger partial charge in [-0.15, -0.1) is 12.4 Å². The number of benzene rings is 2. The maximum absolute atomic E-state index is 13.6. The normalized spacial score (nSPS) is 15.7. The van der Waals surface area contributed by atoms with Crippen molar-refractivity contribution in [3.05, 3.63) is 64.4 Å². The molecule has 1 unspecified atom stereocenters. The third-order valence-electron chi connectivity index (χ3n) is 4.31. The maximum atomic E-state index is 13.6. The van der Waals surface area contributed by atoms with Gasteiger partial charge in [0.05, 0.1) is 16.5 Å². The summed E-state index contributed by atoms with van der Waals surface area (Å²) in [6.07, 6.45) is 0.787. The van der Waals surface area contributed by atoms with Gasteiger partial charge < -0.3 is 16.0 Å². The summed E-state index contributed by atoms with van der Waals surface area (Å²) in [5.41, 5.74) is 1.11. The van der Waals surface area contributed by atoms with Crippen LogP contribution < -0.4 is 16.0 Å². The first-order chi connectivity index (χ1) is 12.5. The summed E-state index contributed by atoms with van der Waals surface area (Å²) in [6.45, 7) is 1.52. The molecule has 0 aliphatic carbocycles. The van der Waals surface area contributed by atoms with E-state index in [0.717, 1.165) is 13.0 Å². The summed E-state index contributed by atoms with van der Waals surface area (Å²) in [6, 6.07) is 11.0. The van der Waals surface area contributed by atoms with Crippen LogP contribution in [0.4, 0.5) is 10.1 Å². The predicted molar refractivity (Wildman–Crippen MR) is 106 cm³/mol. The van der Waals surface area contributed by atoms with Crippen LogP contribution in [0.5, 0.6) is 0 Å². The lowest BCUT2D eigenvalue weighted by molar-refractivity contribution is -0.119. The molecule has 1 heterocycles. The molecule has 3 N–H and O–H groups in total. The number of halogens is 3. The van der Waals surface area contributed by atoms with Crippen molar-refractivity contribution < 1.29 is 14.0 Å². The van der Waals surface area contributed by atoms with Crippen molar-refractivity contribution in [2.24, 2.45) is 5.92 Å². The van der Waals surface area contributed by atoms with E-state index >= 15 is 0 Å². The van der Waals surface area contributed by atoms with E-state index in [4.69, 9.17) is 11.6 Å². The van der Waals surface area contributed by atoms with Crippen LogP contribution in [0.15, 0.2) is 42.5 Å². The van der Waals surface area contributed by atoms with Crippen molar-refractivity contribution in [2.45, 2.75) is 13.0 Å². The number of carbonyl (C=O) groups excluding carboxylic acids is 2. The summed E-state index contributed by atoms with van der Waals surface area (Å²) in [5.74, 6) is -0.985. The first-order valence-corrected chi connectivity index (χ1v) is 8.75. The Kier molecular flexibility index (Phi) is 7.59. The standard InChI is InChI=1S/C19H19ClFN3O2.ClH/c20-16-6-5-14(24-18(25)13-7-8-22-10-13)9-15(16)19(26)23-11-12-3-1-2-4-17(12)21;/h1-6,9,13,22H,7-8,10-11H2,(H,23,26)(H,24,25);1H. The lowest BCUT2D eigenvalue weighted by atomic mass is 10.1. The molecule has 144 valence electrons. The van der Waals surface area contributed by atoms with Gasteiger partial charge >= 0.3 is 0 Å². The molecule has 0 spiro atoms. The van der Waals surface area contributed by atoms with Crippen LogP contribution in [0.1, 0.15) is 22.3 Å². The molecule has 0 radical (unpaired) electrons. The third kappa shape index (κ3) is 5.42. The highest BCUT2D eigenvalue weighted by atomic mass is 35.5. The monoisotopic (exact) mass is 411 g/mol. The summed E-state index contributed by atoms with van der Waals surface area (Å²) >= 11 is 6.11. The van der Waals surface area contributed by atoms with Crippen LogP contribution in [0.2, 0.25) is 5.02 Å². The first-order valence-electron chi connectivity index (χ1n) is 8.37. The van der Waals surface area contributed by atoms with Crippen molar-refractivity contribution >= 4 is 41.5 Å². The van der Waals surface area contributed by atoms with Gasteiger partial charge in [0.15, 0.2) is 0 Å². The minimum atomic E-state index is -0.433. The smallest absolute Gasteiger partial charge is 0.253 e. The molecule has 0 bridgehead atoms. The van der Waals surface area contributed by atoms with Crippen molar-refractivity contribution in [1.29, 1.82) is 0 Å². The number of rotatable bonds is 5. The molecule has 3 rings (SSSR count). The minimum Gasteiger partial charge on any atom is -0.348 e. The predicted octanol–water partition coefficient (Wildman–Crippen LogP) is 3.38. The average Bonchev–Trinajstić information content (AvgIpc) is 3.17. The highest BCUT2D eigenvalue weighted by Crippen LogP contribution is 2.22. The molecular weight excluding hydrogens is 392 g/mol. The molecule has 1 fully saturated rings. The molecule has 0 aromatic heterocycles. The molecule has 2 aromatic rings. The van der Waals surface area contributed by atoms with E-state index in [2.05, 4.69) is 16.0 Å². The lowest BCUT2D eigenvalue weighted by Crippen LogP contribution is -2.26. The van der Waals surface area contributed by atoms with E-state index < -0.39 is 5.91 Å². The van der Waals surface area contributed by atoms with Crippen molar-refractivity contribution in [2.75, 3.05) is 18.4 Å². The molecule has 5 nitrogen and oxygen atoms in total. The zero-order valence-corrected chi connectivity index (χ0v) is 16.0. The molecule has 1 saturated heterocycles. The lowest BCUT2D eigenvalue weighted by Gasteiger charge is -2.12. The van der Waals surface area contributed by atoms with E-state index in [1.165, 1.54) is 12.1 Å². The fraction of sp³-hybridized carbons (Fsp3) is 0.263. The van der Waals surface area contributed by atoms with E-state index in [9.17, 15) is 14.0 Å². The fourth-order valence-corrected chi connectivity index (χ4v) is 3.02. The molecule has 2 aromatic carbocycles.